The van der Waals surface area contributed by atoms with Gasteiger partial charge >= 0.3 is 17.4 Å². The maximum absolute atomic E-state index is 12.6. The molecule has 0 aliphatic carbocycles. The number of hydrogen-bond acceptors (Lipinski definition) is 1. The molecule has 0 aromatic rings. The number of halogens is 8. The second-order valence-electron chi connectivity index (χ2n) is 2.13. The van der Waals surface area contributed by atoms with Gasteiger partial charge in [0.2, 0.25) is 0 Å². The Morgan fingerprint density at radius 1 is 0.857 bits per heavy atom. The average Bonchev–Trinajstić information content (AvgIpc) is 1.95. The van der Waals surface area contributed by atoms with Crippen molar-refractivity contribution in [3.8, 4) is 0 Å². The van der Waals surface area contributed by atoms with Crippen LogP contribution in [0.5, 0.6) is 0 Å². The molecule has 0 N–H and O–H groups in total. The molecule has 14 heavy (non-hydrogen) atoms. The Kier molecular flexibility index (Phi) is 4.39. The summed E-state index contributed by atoms with van der Waals surface area (Å²) in [6.45, 7) is 0. The van der Waals surface area contributed by atoms with E-state index in [1.165, 1.54) is 0 Å². The molecule has 0 aliphatic rings. The molecule has 0 bridgehead atoms. The molecule has 0 saturated carbocycles. The van der Waals surface area contributed by atoms with Gasteiger partial charge in [-0.15, -0.1) is 23.4 Å². The Morgan fingerprint density at radius 3 is 1.43 bits per heavy atom. The molecule has 0 saturated heterocycles. The first-order valence-electron chi connectivity index (χ1n) is 3.08. The van der Waals surface area contributed by atoms with Gasteiger partial charge in [-0.1, -0.05) is 0 Å². The zero-order valence-electron chi connectivity index (χ0n) is 6.35. The van der Waals surface area contributed by atoms with Crippen LogP contribution in [0.25, 0.3) is 0 Å². The van der Waals surface area contributed by atoms with Gasteiger partial charge in [-0.25, -0.2) is 4.39 Å². The lowest BCUT2D eigenvalue weighted by Crippen LogP contribution is -2.50. The van der Waals surface area contributed by atoms with Crippen molar-refractivity contribution < 1.29 is 30.7 Å². The van der Waals surface area contributed by atoms with Crippen LogP contribution >= 0.6 is 23.4 Å². The van der Waals surface area contributed by atoms with Gasteiger partial charge in [0.1, 0.15) is 0 Å². The highest BCUT2D eigenvalue weighted by atomic mass is 35.5. The quantitative estimate of drug-likeness (QED) is 0.553. The Bertz CT molecular complexity index is 171. The Morgan fingerprint density at radius 2 is 1.21 bits per heavy atom. The van der Waals surface area contributed by atoms with E-state index in [9.17, 15) is 30.7 Å². The summed E-state index contributed by atoms with van der Waals surface area (Å²) in [5, 5.41) is -5.24. The fraction of sp³-hybridized carbons (Fsp3) is 1.00. The molecule has 86 valence electrons. The van der Waals surface area contributed by atoms with E-state index in [0.717, 1.165) is 0 Å². The third-order valence-electron chi connectivity index (χ3n) is 1.11. The van der Waals surface area contributed by atoms with Crippen LogP contribution in [0, 0.1) is 0 Å². The zero-order valence-corrected chi connectivity index (χ0v) is 7.92. The first-order chi connectivity index (χ1) is 6.06. The van der Waals surface area contributed by atoms with Crippen LogP contribution in [0.15, 0.2) is 0 Å². The summed E-state index contributed by atoms with van der Waals surface area (Å²) >= 11 is 3.97. The number of rotatable bonds is 3. The van der Waals surface area contributed by atoms with Crippen LogP contribution in [-0.2, 0) is 0 Å². The molecule has 0 rings (SSSR count). The SMILES string of the molecule is FC(F)(F)C(F)(SCCCl)C(F)(F)F. The van der Waals surface area contributed by atoms with Gasteiger partial charge in [-0.05, 0) is 0 Å². The van der Waals surface area contributed by atoms with Gasteiger partial charge in [0.25, 0.3) is 0 Å². The van der Waals surface area contributed by atoms with Crippen molar-refractivity contribution in [2.45, 2.75) is 17.4 Å². The highest BCUT2D eigenvalue weighted by molar-refractivity contribution is 8.00. The third kappa shape index (κ3) is 2.82. The van der Waals surface area contributed by atoms with Crippen molar-refractivity contribution in [3.05, 3.63) is 0 Å². The Balaban J connectivity index is 4.87. The van der Waals surface area contributed by atoms with E-state index >= 15 is 0 Å². The molecular formula is C5H4ClF7S. The van der Waals surface area contributed by atoms with E-state index in [4.69, 9.17) is 11.6 Å². The maximum atomic E-state index is 12.6. The van der Waals surface area contributed by atoms with Crippen molar-refractivity contribution in [1.29, 1.82) is 0 Å². The van der Waals surface area contributed by atoms with Crippen LogP contribution in [-0.4, -0.2) is 29.0 Å². The predicted octanol–water partition coefficient (Wildman–Crippen LogP) is 3.75. The van der Waals surface area contributed by atoms with E-state index in [1.807, 2.05) is 0 Å². The molecule has 0 heterocycles. The fourth-order valence-corrected chi connectivity index (χ4v) is 1.42. The first-order valence-corrected chi connectivity index (χ1v) is 4.60. The molecule has 0 aliphatic heterocycles. The number of thioether (sulfide) groups is 1. The highest BCUT2D eigenvalue weighted by Crippen LogP contribution is 2.53. The summed E-state index contributed by atoms with van der Waals surface area (Å²) in [7, 11) is 0. The molecule has 0 nitrogen and oxygen atoms in total. The summed E-state index contributed by atoms with van der Waals surface area (Å²) in [5.41, 5.74) is 0. The molecule has 0 spiro atoms. The van der Waals surface area contributed by atoms with Gasteiger partial charge in [0.15, 0.2) is 0 Å². The van der Waals surface area contributed by atoms with Gasteiger partial charge in [0.05, 0.1) is 0 Å². The molecule has 0 atom stereocenters. The van der Waals surface area contributed by atoms with Crippen LogP contribution in [0.4, 0.5) is 30.7 Å². The third-order valence-corrected chi connectivity index (χ3v) is 2.79. The minimum absolute atomic E-state index is 0.498. The maximum Gasteiger partial charge on any atom is 0.441 e. The summed E-state index contributed by atoms with van der Waals surface area (Å²) in [6.07, 6.45) is -12.0. The lowest BCUT2D eigenvalue weighted by molar-refractivity contribution is -0.302. The monoisotopic (exact) mass is 264 g/mol. The molecule has 0 aromatic heterocycles. The van der Waals surface area contributed by atoms with Crippen LogP contribution in [0.2, 0.25) is 0 Å². The molecule has 0 unspecified atom stereocenters. The van der Waals surface area contributed by atoms with E-state index < -0.39 is 40.7 Å². The number of hydrogen-bond donors (Lipinski definition) is 0. The highest BCUT2D eigenvalue weighted by Gasteiger charge is 2.73. The summed E-state index contributed by atoms with van der Waals surface area (Å²) in [6, 6.07) is 0. The smallest absolute Gasteiger partial charge is 0.211 e. The van der Waals surface area contributed by atoms with E-state index in [0.29, 0.717) is 0 Å². The largest absolute Gasteiger partial charge is 0.441 e. The summed E-state index contributed by atoms with van der Waals surface area (Å²) in [4.78, 5) is 0. The normalized spacial score (nSPS) is 14.6. The van der Waals surface area contributed by atoms with Gasteiger partial charge in [-0.3, -0.25) is 0 Å². The molecule has 9 heteroatoms. The lowest BCUT2D eigenvalue weighted by Gasteiger charge is -2.28. The van der Waals surface area contributed by atoms with E-state index in [1.54, 1.807) is 0 Å². The summed E-state index contributed by atoms with van der Waals surface area (Å²) < 4.78 is 83.2. The van der Waals surface area contributed by atoms with E-state index in [-0.39, 0.29) is 0 Å². The van der Waals surface area contributed by atoms with Crippen LogP contribution in [0.1, 0.15) is 0 Å². The van der Waals surface area contributed by atoms with E-state index in [2.05, 4.69) is 0 Å². The molecule has 0 amide bonds. The van der Waals surface area contributed by atoms with Gasteiger partial charge in [-0.2, -0.15) is 26.3 Å². The zero-order chi connectivity index (χ0) is 11.6. The van der Waals surface area contributed by atoms with Crippen molar-refractivity contribution in [2.75, 3.05) is 11.6 Å². The first kappa shape index (κ1) is 14.2. The van der Waals surface area contributed by atoms with Crippen molar-refractivity contribution in [3.63, 3.8) is 0 Å². The molecule has 0 radical (unpaired) electrons. The van der Waals surface area contributed by atoms with Crippen molar-refractivity contribution in [1.82, 2.24) is 0 Å². The standard InChI is InChI=1S/C5H4ClF7S/c6-1-2-14-3(7,4(8,9)10)5(11,12)13/h1-2H2. The fourth-order valence-electron chi connectivity index (χ4n) is 0.504. The second-order valence-corrected chi connectivity index (χ2v) is 3.77. The van der Waals surface area contributed by atoms with Gasteiger partial charge in [0, 0.05) is 11.6 Å². The van der Waals surface area contributed by atoms with Crippen LogP contribution in [0.3, 0.4) is 0 Å². The second kappa shape index (κ2) is 4.34. The van der Waals surface area contributed by atoms with Crippen LogP contribution < -0.4 is 0 Å². The molecular weight excluding hydrogens is 261 g/mol. The minimum Gasteiger partial charge on any atom is -0.211 e. The average molecular weight is 265 g/mol. The minimum atomic E-state index is -6.00. The van der Waals surface area contributed by atoms with Gasteiger partial charge < -0.3 is 0 Å². The molecule has 0 fully saturated rings. The number of alkyl halides is 8. The summed E-state index contributed by atoms with van der Waals surface area (Å²) in [5.74, 6) is -1.28. The Labute approximate surface area is 83.8 Å². The lowest BCUT2D eigenvalue weighted by atomic mass is 10.3. The predicted molar refractivity (Wildman–Crippen MR) is 39.1 cm³/mol. The Hall–Kier alpha value is 0.150. The molecule has 0 aromatic carbocycles. The topological polar surface area (TPSA) is 0 Å². The van der Waals surface area contributed by atoms with Crippen molar-refractivity contribution in [2.24, 2.45) is 0 Å². The van der Waals surface area contributed by atoms with Crippen molar-refractivity contribution >= 4 is 23.4 Å².